The van der Waals surface area contributed by atoms with E-state index in [0.29, 0.717) is 0 Å². The average molecular weight is 1670 g/mol. The van der Waals surface area contributed by atoms with E-state index in [9.17, 15) is 0 Å². The highest BCUT2D eigenvalue weighted by Gasteiger charge is 2.29. The maximum Gasteiger partial charge on any atom is 0.220 e. The lowest BCUT2D eigenvalue weighted by Crippen LogP contribution is -2.35. The molecule has 0 amide bonds. The molecule has 0 saturated carbocycles. The molecule has 10 heteroatoms. The number of pyridine rings is 10. The van der Waals surface area contributed by atoms with Crippen LogP contribution in [0.5, 0.6) is 0 Å². The molecule has 0 N–H and O–H groups in total. The molecular weight excluding hydrogens is 1560 g/mol. The lowest BCUT2D eigenvalue weighted by atomic mass is 9.90. The van der Waals surface area contributed by atoms with Gasteiger partial charge in [-0.2, -0.15) is 9.13 Å². The van der Waals surface area contributed by atoms with Crippen LogP contribution >= 0.6 is 0 Å². The molecule has 0 radical (unpaired) electrons. The number of hydrogen-bond acceptors (Lipinski definition) is 0. The van der Waals surface area contributed by atoms with Gasteiger partial charge in [0.2, 0.25) is 56.9 Å². The Kier molecular flexibility index (Phi) is 25.6. The molecule has 20 aromatic rings. The van der Waals surface area contributed by atoms with Crippen LogP contribution < -0.4 is 45.7 Å². The predicted octanol–water partition coefficient (Wildman–Crippen LogP) is 21.6. The largest absolute Gasteiger partial charge is 0.220 e. The summed E-state index contributed by atoms with van der Waals surface area (Å²) in [5, 5.41) is 12.8. The molecule has 0 atom stereocenters. The first kappa shape index (κ1) is 86.5. The molecule has 10 aromatic carbocycles. The van der Waals surface area contributed by atoms with Crippen molar-refractivity contribution in [1.82, 2.24) is 0 Å². The van der Waals surface area contributed by atoms with Gasteiger partial charge in [0.1, 0.15) is 70.5 Å². The van der Waals surface area contributed by atoms with Gasteiger partial charge in [0.05, 0.1) is 44.2 Å². The van der Waals surface area contributed by atoms with Gasteiger partial charge >= 0.3 is 0 Å². The van der Waals surface area contributed by atoms with Crippen molar-refractivity contribution in [2.75, 3.05) is 0 Å². The van der Waals surface area contributed by atoms with Crippen LogP contribution in [0.4, 0.5) is 0 Å². The van der Waals surface area contributed by atoms with Crippen LogP contribution in [0.15, 0.2) is 377 Å². The summed E-state index contributed by atoms with van der Waals surface area (Å²) in [4.78, 5) is 0. The highest BCUT2D eigenvalue weighted by atomic mass is 15.0. The Morgan fingerprint density at radius 2 is 0.492 bits per heavy atom. The van der Waals surface area contributed by atoms with Gasteiger partial charge in [0.15, 0.2) is 61.0 Å². The van der Waals surface area contributed by atoms with Crippen LogP contribution in [-0.2, 0) is 70.5 Å². The van der Waals surface area contributed by atoms with E-state index in [1.807, 2.05) is 0 Å². The maximum absolute atomic E-state index is 2.33. The topological polar surface area (TPSA) is 38.8 Å². The summed E-state index contributed by atoms with van der Waals surface area (Å²) in [5.41, 5.74) is 35.6. The number of rotatable bonds is 10. The summed E-state index contributed by atoms with van der Waals surface area (Å²) >= 11 is 0. The summed E-state index contributed by atoms with van der Waals surface area (Å²) in [6, 6.07) is 117. The molecule has 0 aliphatic carbocycles. The third kappa shape index (κ3) is 17.5. The first-order valence-corrected chi connectivity index (χ1v) is 44.2. The Balaban J connectivity index is 0.000000118. The molecule has 0 unspecified atom stereocenters. The standard InChI is InChI=1S/C25H26N2.C24H24N2.3C23H22N2/c1-17-14-18(2)27(5)24(15-17)25-19(3)22(23-12-8-9-13-26(23)4)16-20-10-6-7-11-21(20)25;1-17-16-19-10-5-6-11-22(19)24(26(17)4)21-13-9-12-20(18(21)2)23-14-7-8-15-25(23)3;1-17-20(21-12-6-8-14-24(21)2)16-18-10-4-5-11-19(18)23(17)22-13-7-9-15-25(22)3;1-17-19(22-13-6-7-15-24(22)2)11-8-12-20(17)23-21-10-5-4-9-18(21)14-16-25(23)3;1-17-20(22-13-6-7-14-24(22)2)11-8-12-21(17)23-15-18-9-4-5-10-19(18)16-25(23)3/h6-16H,1-5H3;5-16H,1-4H3;3*4-16H,1-3H3/q5*+2. The SMILES string of the molecule is Cc1c(-c2cccc[n+]2C)cc2ccccc2c1-c1cccc[n+]1C.Cc1c(-c2cccc[n+]2C)cccc1-c1c2ccccc2cc(C)[n+]1C.Cc1c(-c2cccc[n+]2C)cccc1-c1c2ccccc2cc[n+]1C.Cc1c(-c2cccc[n+]2C)cccc1-c1cc2ccccc2c[n+]1C.Cc1cc(C)[n+](C)c(-c2c(C)c(-c3cccc[n+]3C)cc3ccccc23)c1. The molecule has 10 heterocycles. The molecule has 0 saturated heterocycles. The first-order valence-electron chi connectivity index (χ1n) is 44.2. The maximum atomic E-state index is 2.33. The van der Waals surface area contributed by atoms with Crippen LogP contribution in [0.2, 0.25) is 0 Å². The normalized spacial score (nSPS) is 11.0. The number of aromatic nitrogens is 10. The number of hydrogen-bond donors (Lipinski definition) is 0. The number of benzene rings is 10. The molecule has 628 valence electrons. The Labute approximate surface area is 755 Å². The quantitative estimate of drug-likeness (QED) is 0.122. The van der Waals surface area contributed by atoms with Gasteiger partial charge in [0, 0.05) is 145 Å². The van der Waals surface area contributed by atoms with Crippen molar-refractivity contribution < 1.29 is 45.7 Å². The third-order valence-corrected chi connectivity index (χ3v) is 25.8. The second-order valence-corrected chi connectivity index (χ2v) is 34.1. The second-order valence-electron chi connectivity index (χ2n) is 34.1. The highest BCUT2D eigenvalue weighted by molar-refractivity contribution is 6.03. The van der Waals surface area contributed by atoms with Gasteiger partial charge in [-0.1, -0.05) is 121 Å². The molecule has 10 nitrogen and oxygen atoms in total. The zero-order chi connectivity index (χ0) is 89.6. The van der Waals surface area contributed by atoms with Crippen molar-refractivity contribution in [2.24, 2.45) is 70.5 Å². The van der Waals surface area contributed by atoms with Crippen LogP contribution in [0.1, 0.15) is 44.8 Å². The molecule has 20 rings (SSSR count). The van der Waals surface area contributed by atoms with Crippen molar-refractivity contribution in [3.8, 4) is 113 Å². The minimum atomic E-state index is 1.23. The molecule has 0 spiro atoms. The summed E-state index contributed by atoms with van der Waals surface area (Å²) in [7, 11) is 21.2. The minimum Gasteiger partial charge on any atom is -0.201 e. The van der Waals surface area contributed by atoms with Gasteiger partial charge in [-0.3, -0.25) is 0 Å². The van der Waals surface area contributed by atoms with Gasteiger partial charge < -0.3 is 0 Å². The average Bonchev–Trinajstić information content (AvgIpc) is 0.765. The smallest absolute Gasteiger partial charge is 0.201 e. The second kappa shape index (κ2) is 37.8. The van der Waals surface area contributed by atoms with Crippen molar-refractivity contribution in [1.29, 1.82) is 0 Å². The predicted molar refractivity (Wildman–Crippen MR) is 524 cm³/mol. The van der Waals surface area contributed by atoms with Crippen molar-refractivity contribution in [3.63, 3.8) is 0 Å². The van der Waals surface area contributed by atoms with E-state index in [4.69, 9.17) is 0 Å². The fourth-order valence-electron chi connectivity index (χ4n) is 18.7. The molecule has 0 fully saturated rings. The summed E-state index contributed by atoms with van der Waals surface area (Å²) in [6.45, 7) is 17.7. The van der Waals surface area contributed by atoms with Gasteiger partial charge in [0.25, 0.3) is 0 Å². The summed E-state index contributed by atoms with van der Waals surface area (Å²) in [6.07, 6.45) is 17.0. The van der Waals surface area contributed by atoms with Crippen molar-refractivity contribution >= 4 is 53.9 Å². The van der Waals surface area contributed by atoms with E-state index in [1.165, 1.54) is 211 Å². The van der Waals surface area contributed by atoms with E-state index in [2.05, 4.69) is 549 Å². The third-order valence-electron chi connectivity index (χ3n) is 25.8. The number of aryl methyl sites for hydroxylation is 11. The summed E-state index contributed by atoms with van der Waals surface area (Å²) in [5.74, 6) is 0. The van der Waals surface area contributed by atoms with Crippen LogP contribution in [0.3, 0.4) is 0 Å². The lowest BCUT2D eigenvalue weighted by molar-refractivity contribution is -0.666. The Morgan fingerprint density at radius 1 is 0.172 bits per heavy atom. The van der Waals surface area contributed by atoms with Crippen molar-refractivity contribution in [3.05, 3.63) is 422 Å². The van der Waals surface area contributed by atoms with E-state index in [0.717, 1.165) is 0 Å². The zero-order valence-electron chi connectivity index (χ0n) is 77.3. The van der Waals surface area contributed by atoms with Gasteiger partial charge in [-0.15, -0.1) is 0 Å². The molecule has 128 heavy (non-hydrogen) atoms. The Hall–Kier alpha value is -15.0. The molecular formula is C118H116N10+10. The fraction of sp³-hybridized carbons (Fsp3) is 0.153. The van der Waals surface area contributed by atoms with E-state index >= 15 is 0 Å². The van der Waals surface area contributed by atoms with Crippen LogP contribution in [-0.4, -0.2) is 0 Å². The first-order chi connectivity index (χ1) is 62.0. The molecule has 0 aliphatic rings. The molecule has 0 bridgehead atoms. The number of fused-ring (bicyclic) bond motifs is 5. The van der Waals surface area contributed by atoms with Crippen LogP contribution in [0, 0.1) is 55.4 Å². The zero-order valence-corrected chi connectivity index (χ0v) is 77.3. The van der Waals surface area contributed by atoms with Crippen molar-refractivity contribution in [2.45, 2.75) is 55.4 Å². The molecule has 10 aromatic heterocycles. The highest BCUT2D eigenvalue weighted by Crippen LogP contribution is 2.41. The molecule has 0 aliphatic heterocycles. The van der Waals surface area contributed by atoms with E-state index in [1.54, 1.807) is 0 Å². The van der Waals surface area contributed by atoms with E-state index < -0.39 is 0 Å². The number of nitrogens with zero attached hydrogens (tertiary/aromatic N) is 10. The Bertz CT molecular complexity index is 7620. The van der Waals surface area contributed by atoms with Gasteiger partial charge in [-0.05, 0) is 216 Å². The summed E-state index contributed by atoms with van der Waals surface area (Å²) < 4.78 is 22.2. The minimum absolute atomic E-state index is 1.23. The fourth-order valence-corrected chi connectivity index (χ4v) is 18.7. The lowest BCUT2D eigenvalue weighted by Gasteiger charge is -2.14. The van der Waals surface area contributed by atoms with Gasteiger partial charge in [-0.25, -0.2) is 36.5 Å². The Morgan fingerprint density at radius 3 is 0.930 bits per heavy atom. The van der Waals surface area contributed by atoms with E-state index in [-0.39, 0.29) is 0 Å². The monoisotopic (exact) mass is 1670 g/mol. The van der Waals surface area contributed by atoms with Crippen LogP contribution in [0.25, 0.3) is 166 Å².